The molecular weight excluding hydrogens is 309 g/mol. The number of carbonyl (C=O) groups is 1. The summed E-state index contributed by atoms with van der Waals surface area (Å²) in [7, 11) is 4.03. The molecule has 0 spiro atoms. The van der Waals surface area contributed by atoms with E-state index in [4.69, 9.17) is 4.74 Å². The minimum Gasteiger partial charge on any atom is -0.484 e. The predicted octanol–water partition coefficient (Wildman–Crippen LogP) is 2.79. The Kier molecular flexibility index (Phi) is 5.51. The highest BCUT2D eigenvalue weighted by Gasteiger charge is 2.29. The minimum absolute atomic E-state index is 0.0522. The van der Waals surface area contributed by atoms with Crippen molar-refractivity contribution in [3.63, 3.8) is 0 Å². The number of benzene rings is 1. The van der Waals surface area contributed by atoms with Crippen LogP contribution in [0.4, 0.5) is 13.2 Å². The summed E-state index contributed by atoms with van der Waals surface area (Å²) < 4.78 is 41.3. The number of ether oxygens (including phenoxy) is 1. The zero-order chi connectivity index (χ0) is 17.0. The van der Waals surface area contributed by atoms with Gasteiger partial charge in [-0.1, -0.05) is 6.07 Å². The van der Waals surface area contributed by atoms with E-state index >= 15 is 0 Å². The molecule has 0 aliphatic carbocycles. The van der Waals surface area contributed by atoms with Crippen LogP contribution in [0.3, 0.4) is 0 Å². The lowest BCUT2D eigenvalue weighted by Crippen LogP contribution is -2.44. The Bertz CT molecular complexity index is 538. The number of amides is 1. The van der Waals surface area contributed by atoms with Crippen LogP contribution in [0.15, 0.2) is 24.3 Å². The highest BCUT2D eigenvalue weighted by Crippen LogP contribution is 2.21. The molecule has 23 heavy (non-hydrogen) atoms. The van der Waals surface area contributed by atoms with E-state index in [1.165, 1.54) is 18.2 Å². The first-order valence-electron chi connectivity index (χ1n) is 7.51. The third kappa shape index (κ3) is 5.13. The van der Waals surface area contributed by atoms with Crippen LogP contribution in [0.2, 0.25) is 0 Å². The second kappa shape index (κ2) is 7.21. The molecule has 1 aliphatic rings. The molecule has 1 amide bonds. The van der Waals surface area contributed by atoms with E-state index in [-0.39, 0.29) is 11.7 Å². The SMILES string of the molecule is CN(C)C1CCN(C(=O)c2cccc(OCC(F)(F)F)c2)CC1. The van der Waals surface area contributed by atoms with E-state index in [1.807, 2.05) is 14.1 Å². The van der Waals surface area contributed by atoms with E-state index in [9.17, 15) is 18.0 Å². The molecule has 1 saturated heterocycles. The van der Waals surface area contributed by atoms with Crippen LogP contribution < -0.4 is 4.74 Å². The van der Waals surface area contributed by atoms with Gasteiger partial charge >= 0.3 is 6.18 Å². The zero-order valence-electron chi connectivity index (χ0n) is 13.3. The maximum Gasteiger partial charge on any atom is 0.422 e. The summed E-state index contributed by atoms with van der Waals surface area (Å²) in [5.41, 5.74) is 0.355. The first kappa shape index (κ1) is 17.6. The molecular formula is C16H21F3N2O2. The van der Waals surface area contributed by atoms with Gasteiger partial charge in [-0.3, -0.25) is 4.79 Å². The summed E-state index contributed by atoms with van der Waals surface area (Å²) in [5, 5.41) is 0. The molecule has 0 unspecified atom stereocenters. The molecule has 0 aromatic heterocycles. The second-order valence-electron chi connectivity index (χ2n) is 5.92. The molecule has 128 valence electrons. The summed E-state index contributed by atoms with van der Waals surface area (Å²) in [6.07, 6.45) is -2.61. The molecule has 2 rings (SSSR count). The molecule has 0 saturated carbocycles. The lowest BCUT2D eigenvalue weighted by molar-refractivity contribution is -0.153. The smallest absolute Gasteiger partial charge is 0.422 e. The maximum atomic E-state index is 12.5. The Hall–Kier alpha value is -1.76. The van der Waals surface area contributed by atoms with E-state index in [0.29, 0.717) is 24.7 Å². The first-order chi connectivity index (χ1) is 10.8. The molecule has 1 aromatic carbocycles. The van der Waals surface area contributed by atoms with Crippen LogP contribution in [0.25, 0.3) is 0 Å². The van der Waals surface area contributed by atoms with E-state index < -0.39 is 12.8 Å². The number of nitrogens with zero attached hydrogens (tertiary/aromatic N) is 2. The fraction of sp³-hybridized carbons (Fsp3) is 0.562. The second-order valence-corrected chi connectivity index (χ2v) is 5.92. The highest BCUT2D eigenvalue weighted by molar-refractivity contribution is 5.94. The average Bonchev–Trinajstić information content (AvgIpc) is 2.52. The first-order valence-corrected chi connectivity index (χ1v) is 7.51. The molecule has 1 aromatic rings. The topological polar surface area (TPSA) is 32.8 Å². The van der Waals surface area contributed by atoms with Gasteiger partial charge in [0.25, 0.3) is 5.91 Å². The lowest BCUT2D eigenvalue weighted by atomic mass is 10.0. The van der Waals surface area contributed by atoms with Crippen LogP contribution in [-0.2, 0) is 0 Å². The van der Waals surface area contributed by atoms with E-state index in [2.05, 4.69) is 4.90 Å². The van der Waals surface area contributed by atoms with Crippen LogP contribution in [-0.4, -0.2) is 61.7 Å². The molecule has 0 bridgehead atoms. The number of piperidine rings is 1. The van der Waals surface area contributed by atoms with Crippen LogP contribution >= 0.6 is 0 Å². The number of rotatable bonds is 4. The molecule has 0 radical (unpaired) electrons. The number of halogens is 3. The number of carbonyl (C=O) groups excluding carboxylic acids is 1. The van der Waals surface area contributed by atoms with Crippen molar-refractivity contribution in [1.82, 2.24) is 9.80 Å². The van der Waals surface area contributed by atoms with Crippen LogP contribution in [0.5, 0.6) is 5.75 Å². The van der Waals surface area contributed by atoms with Crippen LogP contribution in [0, 0.1) is 0 Å². The summed E-state index contributed by atoms with van der Waals surface area (Å²) >= 11 is 0. The van der Waals surface area contributed by atoms with Crippen molar-refractivity contribution in [2.24, 2.45) is 0 Å². The third-order valence-electron chi connectivity index (χ3n) is 3.97. The molecule has 0 N–H and O–H groups in total. The average molecular weight is 330 g/mol. The molecule has 1 heterocycles. The standard InChI is InChI=1S/C16H21F3N2O2/c1-20(2)13-6-8-21(9-7-13)15(22)12-4-3-5-14(10-12)23-11-16(17,18)19/h3-5,10,13H,6-9,11H2,1-2H3. The summed E-state index contributed by atoms with van der Waals surface area (Å²) in [4.78, 5) is 16.3. The Morgan fingerprint density at radius 2 is 1.96 bits per heavy atom. The number of hydrogen-bond donors (Lipinski definition) is 0. The van der Waals surface area contributed by atoms with Gasteiger partial charge < -0.3 is 14.5 Å². The van der Waals surface area contributed by atoms with Gasteiger partial charge in [0, 0.05) is 24.7 Å². The quantitative estimate of drug-likeness (QED) is 0.851. The largest absolute Gasteiger partial charge is 0.484 e. The zero-order valence-corrected chi connectivity index (χ0v) is 13.3. The summed E-state index contributed by atoms with van der Waals surface area (Å²) in [6.45, 7) is -0.0660. The summed E-state index contributed by atoms with van der Waals surface area (Å²) in [6, 6.07) is 6.37. The fourth-order valence-electron chi connectivity index (χ4n) is 2.65. The Labute approximate surface area is 133 Å². The van der Waals surface area contributed by atoms with Crippen molar-refractivity contribution < 1.29 is 22.7 Å². The van der Waals surface area contributed by atoms with E-state index in [1.54, 1.807) is 11.0 Å². The van der Waals surface area contributed by atoms with E-state index in [0.717, 1.165) is 12.8 Å². The lowest BCUT2D eigenvalue weighted by Gasteiger charge is -2.35. The maximum absolute atomic E-state index is 12.5. The number of likely N-dealkylation sites (tertiary alicyclic amines) is 1. The Morgan fingerprint density at radius 1 is 1.30 bits per heavy atom. The van der Waals surface area contributed by atoms with Crippen molar-refractivity contribution >= 4 is 5.91 Å². The van der Waals surface area contributed by atoms with Gasteiger partial charge in [-0.2, -0.15) is 13.2 Å². The number of alkyl halides is 3. The van der Waals surface area contributed by atoms with Gasteiger partial charge in [-0.25, -0.2) is 0 Å². The van der Waals surface area contributed by atoms with Gasteiger partial charge in [-0.15, -0.1) is 0 Å². The summed E-state index contributed by atoms with van der Waals surface area (Å²) in [5.74, 6) is -0.115. The molecule has 4 nitrogen and oxygen atoms in total. The molecule has 1 aliphatic heterocycles. The molecule has 0 atom stereocenters. The minimum atomic E-state index is -4.39. The predicted molar refractivity (Wildman–Crippen MR) is 80.6 cm³/mol. The molecule has 7 heteroatoms. The van der Waals surface area contributed by atoms with Gasteiger partial charge in [-0.05, 0) is 45.1 Å². The van der Waals surface area contributed by atoms with Gasteiger partial charge in [0.15, 0.2) is 6.61 Å². The van der Waals surface area contributed by atoms with Crippen LogP contribution in [0.1, 0.15) is 23.2 Å². The van der Waals surface area contributed by atoms with Crippen molar-refractivity contribution in [1.29, 1.82) is 0 Å². The third-order valence-corrected chi connectivity index (χ3v) is 3.97. The van der Waals surface area contributed by atoms with Gasteiger partial charge in [0.05, 0.1) is 0 Å². The van der Waals surface area contributed by atoms with Crippen molar-refractivity contribution in [2.75, 3.05) is 33.8 Å². The van der Waals surface area contributed by atoms with Crippen molar-refractivity contribution in [3.05, 3.63) is 29.8 Å². The fourth-order valence-corrected chi connectivity index (χ4v) is 2.65. The van der Waals surface area contributed by atoms with Crippen molar-refractivity contribution in [3.8, 4) is 5.75 Å². The highest BCUT2D eigenvalue weighted by atomic mass is 19.4. The normalized spacial score (nSPS) is 16.7. The van der Waals surface area contributed by atoms with Gasteiger partial charge in [0.1, 0.15) is 5.75 Å². The Morgan fingerprint density at radius 3 is 2.52 bits per heavy atom. The molecule has 1 fully saturated rings. The number of hydrogen-bond acceptors (Lipinski definition) is 3. The Balaban J connectivity index is 1.97. The monoisotopic (exact) mass is 330 g/mol. The van der Waals surface area contributed by atoms with Gasteiger partial charge in [0.2, 0.25) is 0 Å². The van der Waals surface area contributed by atoms with Crippen molar-refractivity contribution in [2.45, 2.75) is 25.1 Å².